The summed E-state index contributed by atoms with van der Waals surface area (Å²) in [6.07, 6.45) is 5.46. The minimum absolute atomic E-state index is 0.0414. The van der Waals surface area contributed by atoms with E-state index in [4.69, 9.17) is 4.74 Å². The van der Waals surface area contributed by atoms with E-state index in [2.05, 4.69) is 25.3 Å². The second-order valence-electron chi connectivity index (χ2n) is 9.83. The van der Waals surface area contributed by atoms with E-state index in [1.54, 1.807) is 12.3 Å². The molecule has 0 radical (unpaired) electrons. The van der Waals surface area contributed by atoms with Crippen molar-refractivity contribution in [2.24, 2.45) is 0 Å². The largest absolute Gasteiger partial charge is 0.475 e. The average molecular weight is 528 g/mol. The molecule has 1 spiro atoms. The van der Waals surface area contributed by atoms with Crippen molar-refractivity contribution in [2.75, 3.05) is 28.9 Å². The Balaban J connectivity index is 1.57. The second kappa shape index (κ2) is 9.53. The molecule has 1 saturated carbocycles. The Labute approximate surface area is 215 Å². The number of carbonyl (C=O) groups is 1. The van der Waals surface area contributed by atoms with Crippen LogP contribution in [0.1, 0.15) is 45.6 Å². The summed E-state index contributed by atoms with van der Waals surface area (Å²) in [5.74, 6) is -0.601. The standard InChI is InChI=1S/C26H30FN5O4S/c1-4-37(34,35)32-21-10-16(13-30-24(21)36-9-8-28-15(2)3)17-11-18-20(12-19(17)27)29-14-22-23(18)26(6-5-7-26)25(33)31-22/h10-15,28,32H,4-9H2,1-3H3,(H,31,33). The summed E-state index contributed by atoms with van der Waals surface area (Å²) in [4.78, 5) is 21.5. The number of carbonyl (C=O) groups excluding carboxylic acids is 1. The number of aromatic nitrogens is 2. The normalized spacial score (nSPS) is 16.1. The van der Waals surface area contributed by atoms with E-state index in [1.807, 2.05) is 13.8 Å². The number of halogens is 1. The molecule has 11 heteroatoms. The molecule has 3 aromatic rings. The molecule has 1 aromatic carbocycles. The van der Waals surface area contributed by atoms with Crippen molar-refractivity contribution < 1.29 is 22.3 Å². The highest BCUT2D eigenvalue weighted by Crippen LogP contribution is 2.53. The fourth-order valence-corrected chi connectivity index (χ4v) is 5.56. The van der Waals surface area contributed by atoms with Crippen molar-refractivity contribution in [3.05, 3.63) is 42.0 Å². The highest BCUT2D eigenvalue weighted by Gasteiger charge is 2.52. The van der Waals surface area contributed by atoms with Crippen molar-refractivity contribution in [1.29, 1.82) is 0 Å². The molecule has 0 atom stereocenters. The first-order valence-corrected chi connectivity index (χ1v) is 14.1. The summed E-state index contributed by atoms with van der Waals surface area (Å²) in [5, 5.41) is 6.85. The van der Waals surface area contributed by atoms with Crippen molar-refractivity contribution in [2.45, 2.75) is 51.5 Å². The number of sulfonamides is 1. The van der Waals surface area contributed by atoms with Crippen LogP contribution in [0.2, 0.25) is 0 Å². The quantitative estimate of drug-likeness (QED) is 0.360. The first-order chi connectivity index (χ1) is 17.6. The number of pyridine rings is 2. The zero-order chi connectivity index (χ0) is 26.4. The van der Waals surface area contributed by atoms with Crippen LogP contribution in [0.5, 0.6) is 5.88 Å². The van der Waals surface area contributed by atoms with Gasteiger partial charge in [0.05, 0.1) is 28.6 Å². The van der Waals surface area contributed by atoms with Crippen LogP contribution in [-0.2, 0) is 20.2 Å². The lowest BCUT2D eigenvalue weighted by atomic mass is 9.64. The number of benzene rings is 1. The maximum Gasteiger partial charge on any atom is 0.238 e. The number of amides is 1. The molecule has 1 amide bonds. The van der Waals surface area contributed by atoms with Gasteiger partial charge in [-0.15, -0.1) is 0 Å². The van der Waals surface area contributed by atoms with Crippen LogP contribution < -0.4 is 20.1 Å². The van der Waals surface area contributed by atoms with E-state index in [1.165, 1.54) is 25.3 Å². The third-order valence-corrected chi connectivity index (χ3v) is 8.32. The molecule has 2 aromatic heterocycles. The summed E-state index contributed by atoms with van der Waals surface area (Å²) in [7, 11) is -3.64. The second-order valence-corrected chi connectivity index (χ2v) is 11.8. The number of fused-ring (bicyclic) bond motifs is 4. The van der Waals surface area contributed by atoms with Crippen LogP contribution in [0.4, 0.5) is 15.8 Å². The molecule has 1 fully saturated rings. The third kappa shape index (κ3) is 4.61. The number of nitrogens with zero attached hydrogens (tertiary/aromatic N) is 2. The third-order valence-electron chi connectivity index (χ3n) is 7.03. The van der Waals surface area contributed by atoms with Crippen LogP contribution in [0.25, 0.3) is 22.0 Å². The maximum absolute atomic E-state index is 15.4. The van der Waals surface area contributed by atoms with Gasteiger partial charge in [0.25, 0.3) is 0 Å². The fourth-order valence-electron chi connectivity index (χ4n) is 4.93. The van der Waals surface area contributed by atoms with Gasteiger partial charge in [0.1, 0.15) is 18.1 Å². The van der Waals surface area contributed by atoms with Gasteiger partial charge in [-0.2, -0.15) is 0 Å². The SMILES string of the molecule is CCS(=O)(=O)Nc1cc(-c2cc3c4c(cnc3cc2F)NC(=O)C42CCC2)cnc1OCCNC(C)C. The molecule has 0 saturated heterocycles. The van der Waals surface area contributed by atoms with Crippen LogP contribution in [0, 0.1) is 5.82 Å². The number of nitrogens with one attached hydrogen (secondary N) is 3. The summed E-state index contributed by atoms with van der Waals surface area (Å²) >= 11 is 0. The van der Waals surface area contributed by atoms with Gasteiger partial charge >= 0.3 is 0 Å². The Morgan fingerprint density at radius 3 is 2.65 bits per heavy atom. The number of hydrogen-bond acceptors (Lipinski definition) is 7. The van der Waals surface area contributed by atoms with Crippen LogP contribution in [-0.4, -0.2) is 49.2 Å². The van der Waals surface area contributed by atoms with E-state index >= 15 is 4.39 Å². The van der Waals surface area contributed by atoms with Crippen LogP contribution >= 0.6 is 0 Å². The van der Waals surface area contributed by atoms with E-state index in [0.29, 0.717) is 28.7 Å². The van der Waals surface area contributed by atoms with Crippen LogP contribution in [0.3, 0.4) is 0 Å². The van der Waals surface area contributed by atoms with Gasteiger partial charge in [0.15, 0.2) is 0 Å². The molecule has 1 aliphatic heterocycles. The lowest BCUT2D eigenvalue weighted by Crippen LogP contribution is -2.41. The van der Waals surface area contributed by atoms with Crippen molar-refractivity contribution in [3.8, 4) is 17.0 Å². The number of hydrogen-bond donors (Lipinski definition) is 3. The summed E-state index contributed by atoms with van der Waals surface area (Å²) in [5.41, 5.74) is 2.10. The number of anilines is 2. The highest BCUT2D eigenvalue weighted by atomic mass is 32.2. The van der Waals surface area contributed by atoms with E-state index in [-0.39, 0.29) is 41.4 Å². The van der Waals surface area contributed by atoms with Crippen molar-refractivity contribution in [1.82, 2.24) is 15.3 Å². The monoisotopic (exact) mass is 527 g/mol. The van der Waals surface area contributed by atoms with E-state index < -0.39 is 21.3 Å². The van der Waals surface area contributed by atoms with Crippen molar-refractivity contribution in [3.63, 3.8) is 0 Å². The Kier molecular flexibility index (Phi) is 6.53. The molecule has 9 nitrogen and oxygen atoms in total. The smallest absolute Gasteiger partial charge is 0.238 e. The first kappa shape index (κ1) is 25.3. The topological polar surface area (TPSA) is 122 Å². The first-order valence-electron chi connectivity index (χ1n) is 12.4. The van der Waals surface area contributed by atoms with Gasteiger partial charge in [0, 0.05) is 46.9 Å². The average Bonchev–Trinajstić information content (AvgIpc) is 3.14. The predicted molar refractivity (Wildman–Crippen MR) is 141 cm³/mol. The fraction of sp³-hybridized carbons (Fsp3) is 0.423. The Hall–Kier alpha value is -3.31. The highest BCUT2D eigenvalue weighted by molar-refractivity contribution is 7.92. The van der Waals surface area contributed by atoms with E-state index in [9.17, 15) is 13.2 Å². The number of ether oxygens (including phenoxy) is 1. The molecule has 196 valence electrons. The zero-order valence-corrected chi connectivity index (χ0v) is 21.8. The predicted octanol–water partition coefficient (Wildman–Crippen LogP) is 3.95. The molecular formula is C26H30FN5O4S. The lowest BCUT2D eigenvalue weighted by molar-refractivity contribution is -0.123. The van der Waals surface area contributed by atoms with Gasteiger partial charge in [0.2, 0.25) is 21.8 Å². The summed E-state index contributed by atoms with van der Waals surface area (Å²) in [6.45, 7) is 6.36. The Morgan fingerprint density at radius 2 is 1.97 bits per heavy atom. The molecule has 0 bridgehead atoms. The molecule has 2 aliphatic rings. The van der Waals surface area contributed by atoms with E-state index in [0.717, 1.165) is 24.8 Å². The van der Waals surface area contributed by atoms with Gasteiger partial charge in [-0.3, -0.25) is 14.5 Å². The maximum atomic E-state index is 15.4. The minimum atomic E-state index is -3.64. The minimum Gasteiger partial charge on any atom is -0.475 e. The number of rotatable bonds is 9. The molecule has 5 rings (SSSR count). The molecule has 1 aliphatic carbocycles. The van der Waals surface area contributed by atoms with Crippen LogP contribution in [0.15, 0.2) is 30.6 Å². The van der Waals surface area contributed by atoms with Crippen molar-refractivity contribution >= 4 is 38.2 Å². The lowest BCUT2D eigenvalue weighted by Gasteiger charge is -2.36. The van der Waals surface area contributed by atoms with Gasteiger partial charge in [-0.05, 0) is 31.9 Å². The molecular weight excluding hydrogens is 497 g/mol. The molecule has 3 N–H and O–H groups in total. The Morgan fingerprint density at radius 1 is 1.19 bits per heavy atom. The van der Waals surface area contributed by atoms with Gasteiger partial charge in [-0.25, -0.2) is 17.8 Å². The zero-order valence-electron chi connectivity index (χ0n) is 21.0. The molecule has 0 unspecified atom stereocenters. The molecule has 3 heterocycles. The molecule has 37 heavy (non-hydrogen) atoms. The Bertz CT molecular complexity index is 1490. The summed E-state index contributed by atoms with van der Waals surface area (Å²) < 4.78 is 48.3. The summed E-state index contributed by atoms with van der Waals surface area (Å²) in [6, 6.07) is 4.82. The van der Waals surface area contributed by atoms with Gasteiger partial charge in [-0.1, -0.05) is 20.3 Å². The van der Waals surface area contributed by atoms with Gasteiger partial charge < -0.3 is 15.4 Å².